The van der Waals surface area contributed by atoms with Gasteiger partial charge in [-0.15, -0.1) is 0 Å². The topological polar surface area (TPSA) is 89.6 Å². The van der Waals surface area contributed by atoms with Crippen LogP contribution in [-0.4, -0.2) is 33.3 Å². The molecule has 1 fully saturated rings. The maximum Gasteiger partial charge on any atom is 0.352 e. The molecule has 7 nitrogen and oxygen atoms in total. The summed E-state index contributed by atoms with van der Waals surface area (Å²) in [6.07, 6.45) is 5.15. The van der Waals surface area contributed by atoms with Crippen LogP contribution in [0.15, 0.2) is 42.7 Å². The number of aromatic nitrogens is 3. The van der Waals surface area contributed by atoms with E-state index in [4.69, 9.17) is 26.5 Å². The van der Waals surface area contributed by atoms with Crippen LogP contribution in [0, 0.1) is 15.0 Å². The SMILES string of the molecule is N=CO[C@@H](C(=O)OCC1CC(c2nc(I)c3c(Cl)nccn23)C1)c1ccccc1. The van der Waals surface area contributed by atoms with Crippen molar-refractivity contribution in [3.8, 4) is 0 Å². The van der Waals surface area contributed by atoms with E-state index >= 15 is 0 Å². The van der Waals surface area contributed by atoms with Crippen molar-refractivity contribution in [1.29, 1.82) is 5.41 Å². The zero-order valence-corrected chi connectivity index (χ0v) is 18.2. The van der Waals surface area contributed by atoms with Gasteiger partial charge in [0, 0.05) is 23.9 Å². The molecule has 0 spiro atoms. The van der Waals surface area contributed by atoms with E-state index < -0.39 is 12.1 Å². The number of imidazole rings is 1. The van der Waals surface area contributed by atoms with Gasteiger partial charge < -0.3 is 9.47 Å². The summed E-state index contributed by atoms with van der Waals surface area (Å²) < 4.78 is 13.5. The van der Waals surface area contributed by atoms with Crippen molar-refractivity contribution < 1.29 is 14.3 Å². The highest BCUT2D eigenvalue weighted by atomic mass is 127. The Balaban J connectivity index is 1.36. The van der Waals surface area contributed by atoms with Crippen molar-refractivity contribution in [2.24, 2.45) is 5.92 Å². The van der Waals surface area contributed by atoms with Crippen LogP contribution in [0.4, 0.5) is 0 Å². The molecule has 0 bridgehead atoms. The molecule has 3 aromatic rings. The van der Waals surface area contributed by atoms with Gasteiger partial charge in [0.2, 0.25) is 6.10 Å². The van der Waals surface area contributed by atoms with E-state index in [2.05, 4.69) is 32.6 Å². The number of benzene rings is 1. The summed E-state index contributed by atoms with van der Waals surface area (Å²) in [5.74, 6) is 1.03. The second kappa shape index (κ2) is 8.66. The molecule has 1 saturated carbocycles. The Hall–Kier alpha value is -2.20. The Morgan fingerprint density at radius 3 is 2.86 bits per heavy atom. The van der Waals surface area contributed by atoms with E-state index in [-0.39, 0.29) is 11.8 Å². The van der Waals surface area contributed by atoms with E-state index in [0.717, 1.165) is 34.3 Å². The first kappa shape index (κ1) is 20.1. The average molecular weight is 525 g/mol. The molecule has 2 heterocycles. The lowest BCUT2D eigenvalue weighted by molar-refractivity contribution is -0.155. The minimum Gasteiger partial charge on any atom is -0.464 e. The van der Waals surface area contributed by atoms with E-state index in [0.29, 0.717) is 17.3 Å². The minimum absolute atomic E-state index is 0.266. The van der Waals surface area contributed by atoms with Gasteiger partial charge in [0.25, 0.3) is 0 Å². The van der Waals surface area contributed by atoms with Crippen molar-refractivity contribution in [2.75, 3.05) is 6.61 Å². The third kappa shape index (κ3) is 4.09. The number of rotatable bonds is 7. The molecule has 1 aliphatic carbocycles. The fourth-order valence-corrected chi connectivity index (χ4v) is 4.75. The molecule has 0 aliphatic heterocycles. The Morgan fingerprint density at radius 1 is 1.38 bits per heavy atom. The summed E-state index contributed by atoms with van der Waals surface area (Å²) in [5, 5.41) is 7.61. The highest BCUT2D eigenvalue weighted by molar-refractivity contribution is 14.1. The normalized spacial score (nSPS) is 19.4. The minimum atomic E-state index is -0.919. The van der Waals surface area contributed by atoms with Crippen LogP contribution in [0.5, 0.6) is 0 Å². The first-order valence-electron chi connectivity index (χ1n) is 9.12. The lowest BCUT2D eigenvalue weighted by Crippen LogP contribution is -2.30. The molecule has 0 amide bonds. The van der Waals surface area contributed by atoms with Gasteiger partial charge in [0.15, 0.2) is 11.6 Å². The standard InChI is InChI=1S/C20H18ClIN4O3/c21-17-15-18(22)25-19(26(15)7-6-24-17)14-8-12(9-14)10-28-20(27)16(29-11-23)13-4-2-1-3-5-13/h1-7,11-12,14,16,23H,8-10H2/t12?,14?,16-/m1/s1. The van der Waals surface area contributed by atoms with Gasteiger partial charge in [0.05, 0.1) is 6.61 Å². The molecule has 1 aliphatic rings. The average Bonchev–Trinajstić information content (AvgIpc) is 3.03. The Labute approximate surface area is 186 Å². The first-order chi connectivity index (χ1) is 14.1. The quantitative estimate of drug-likeness (QED) is 0.214. The van der Waals surface area contributed by atoms with Crippen molar-refractivity contribution >= 4 is 52.1 Å². The number of esters is 1. The molecule has 1 atom stereocenters. The Morgan fingerprint density at radius 2 is 2.14 bits per heavy atom. The number of carbonyl (C=O) groups excluding carboxylic acids is 1. The van der Waals surface area contributed by atoms with Crippen LogP contribution in [0.2, 0.25) is 5.15 Å². The van der Waals surface area contributed by atoms with Crippen molar-refractivity contribution in [3.05, 3.63) is 63.0 Å². The molecule has 150 valence electrons. The zero-order valence-electron chi connectivity index (χ0n) is 15.3. The van der Waals surface area contributed by atoms with Crippen LogP contribution < -0.4 is 0 Å². The number of ether oxygens (including phenoxy) is 2. The predicted octanol–water partition coefficient (Wildman–Crippen LogP) is 4.39. The van der Waals surface area contributed by atoms with Gasteiger partial charge in [-0.3, -0.25) is 9.81 Å². The number of carbonyl (C=O) groups is 1. The fraction of sp³-hybridized carbons (Fsp3) is 0.300. The Kier molecular flexibility index (Phi) is 6.00. The van der Waals surface area contributed by atoms with Crippen LogP contribution >= 0.6 is 34.2 Å². The maximum atomic E-state index is 12.5. The molecule has 29 heavy (non-hydrogen) atoms. The summed E-state index contributed by atoms with van der Waals surface area (Å²) in [4.78, 5) is 21.2. The molecular weight excluding hydrogens is 507 g/mol. The van der Waals surface area contributed by atoms with E-state index in [1.807, 2.05) is 28.8 Å². The zero-order chi connectivity index (χ0) is 20.4. The third-order valence-corrected chi connectivity index (χ3v) is 6.11. The molecule has 1 N–H and O–H groups in total. The van der Waals surface area contributed by atoms with E-state index in [1.54, 1.807) is 18.3 Å². The van der Waals surface area contributed by atoms with Crippen molar-refractivity contribution in [2.45, 2.75) is 24.9 Å². The molecule has 1 aromatic carbocycles. The second-order valence-corrected chi connectivity index (χ2v) is 8.29. The summed E-state index contributed by atoms with van der Waals surface area (Å²) in [6.45, 7) is 0.322. The lowest BCUT2D eigenvalue weighted by Gasteiger charge is -2.34. The van der Waals surface area contributed by atoms with Gasteiger partial charge in [-0.1, -0.05) is 41.9 Å². The first-order valence-corrected chi connectivity index (χ1v) is 10.6. The third-order valence-electron chi connectivity index (χ3n) is 5.08. The molecular formula is C20H18ClIN4O3. The summed E-state index contributed by atoms with van der Waals surface area (Å²) in [6, 6.07) is 9.04. The van der Waals surface area contributed by atoms with Crippen molar-refractivity contribution in [3.63, 3.8) is 0 Å². The summed E-state index contributed by atoms with van der Waals surface area (Å²) in [5.41, 5.74) is 1.49. The number of nitrogens with zero attached hydrogens (tertiary/aromatic N) is 3. The fourth-order valence-electron chi connectivity index (χ4n) is 3.60. The van der Waals surface area contributed by atoms with Gasteiger partial charge in [-0.2, -0.15) is 0 Å². The molecule has 9 heteroatoms. The maximum absolute atomic E-state index is 12.5. The molecule has 0 saturated heterocycles. The number of hydrogen-bond donors (Lipinski definition) is 1. The van der Waals surface area contributed by atoms with Gasteiger partial charge in [-0.05, 0) is 41.4 Å². The van der Waals surface area contributed by atoms with Crippen LogP contribution in [-0.2, 0) is 14.3 Å². The second-order valence-electron chi connectivity index (χ2n) is 6.91. The summed E-state index contributed by atoms with van der Waals surface area (Å²) >= 11 is 8.37. The number of hydrogen-bond acceptors (Lipinski definition) is 6. The van der Waals surface area contributed by atoms with Crippen LogP contribution in [0.3, 0.4) is 0 Å². The number of fused-ring (bicyclic) bond motifs is 1. The predicted molar refractivity (Wildman–Crippen MR) is 116 cm³/mol. The largest absolute Gasteiger partial charge is 0.464 e. The molecule has 2 aromatic heterocycles. The van der Waals surface area contributed by atoms with Crippen molar-refractivity contribution in [1.82, 2.24) is 14.4 Å². The van der Waals surface area contributed by atoms with Crippen LogP contribution in [0.1, 0.15) is 36.3 Å². The number of halogens is 2. The number of nitrogens with one attached hydrogen (secondary N) is 1. The van der Waals surface area contributed by atoms with Gasteiger partial charge in [0.1, 0.15) is 15.0 Å². The Bertz CT molecular complexity index is 1040. The van der Waals surface area contributed by atoms with E-state index in [1.165, 1.54) is 0 Å². The van der Waals surface area contributed by atoms with Crippen LogP contribution in [0.25, 0.3) is 5.52 Å². The lowest BCUT2D eigenvalue weighted by atomic mass is 9.75. The molecule has 0 radical (unpaired) electrons. The van der Waals surface area contributed by atoms with E-state index in [9.17, 15) is 4.79 Å². The molecule has 4 rings (SSSR count). The highest BCUT2D eigenvalue weighted by Crippen LogP contribution is 2.42. The molecule has 0 unspecified atom stereocenters. The highest BCUT2D eigenvalue weighted by Gasteiger charge is 2.35. The summed E-state index contributed by atoms with van der Waals surface area (Å²) in [7, 11) is 0. The van der Waals surface area contributed by atoms with Gasteiger partial charge in [-0.25, -0.2) is 14.8 Å². The van der Waals surface area contributed by atoms with Gasteiger partial charge >= 0.3 is 5.97 Å². The smallest absolute Gasteiger partial charge is 0.352 e. The monoisotopic (exact) mass is 524 g/mol.